The minimum Gasteiger partial charge on any atom is -0.465 e. The monoisotopic (exact) mass is 414 g/mol. The summed E-state index contributed by atoms with van der Waals surface area (Å²) in [5.74, 6) is -1.43. The van der Waals surface area contributed by atoms with Crippen molar-refractivity contribution in [2.24, 2.45) is 0 Å². The molecule has 1 aliphatic rings. The lowest BCUT2D eigenvalue weighted by Gasteiger charge is -2.29. The Hall–Kier alpha value is -3.29. The van der Waals surface area contributed by atoms with Gasteiger partial charge in [0.15, 0.2) is 0 Å². The first kappa shape index (κ1) is 21.4. The van der Waals surface area contributed by atoms with Crippen LogP contribution in [0.1, 0.15) is 52.0 Å². The van der Waals surface area contributed by atoms with E-state index in [0.29, 0.717) is 13.0 Å². The molecule has 7 nitrogen and oxygen atoms in total. The highest BCUT2D eigenvalue weighted by Crippen LogP contribution is 2.27. The molecule has 1 saturated carbocycles. The van der Waals surface area contributed by atoms with E-state index in [0.717, 1.165) is 37.3 Å². The van der Waals surface area contributed by atoms with E-state index >= 15 is 0 Å². The Kier molecular flexibility index (Phi) is 6.76. The smallest absolute Gasteiger partial charge is 0.338 e. The zero-order chi connectivity index (χ0) is 21.7. The van der Waals surface area contributed by atoms with Gasteiger partial charge < -0.3 is 9.64 Å². The normalized spacial score (nSPS) is 13.8. The molecule has 2 aromatic rings. The van der Waals surface area contributed by atoms with E-state index in [2.05, 4.69) is 4.74 Å². The SMILES string of the molecule is COC(=O)c1cc(C(=O)N(CCc2ccc(F)cc2)C2CCCC2)cc([N+](=O)[O-])c1. The molecule has 1 amide bonds. The zero-order valence-corrected chi connectivity index (χ0v) is 16.7. The third kappa shape index (κ3) is 5.00. The maximum absolute atomic E-state index is 13.3. The Morgan fingerprint density at radius 1 is 1.13 bits per heavy atom. The highest BCUT2D eigenvalue weighted by Gasteiger charge is 2.29. The van der Waals surface area contributed by atoms with Gasteiger partial charge in [-0.2, -0.15) is 0 Å². The first-order valence-corrected chi connectivity index (χ1v) is 9.82. The molecule has 2 aromatic carbocycles. The van der Waals surface area contributed by atoms with Crippen LogP contribution < -0.4 is 0 Å². The number of amides is 1. The number of nitrogens with zero attached hydrogens (tertiary/aromatic N) is 2. The highest BCUT2D eigenvalue weighted by atomic mass is 19.1. The fourth-order valence-electron chi connectivity index (χ4n) is 3.81. The predicted octanol–water partition coefficient (Wildman–Crippen LogP) is 4.15. The minimum absolute atomic E-state index is 0.0267. The fourth-order valence-corrected chi connectivity index (χ4v) is 3.81. The van der Waals surface area contributed by atoms with Crippen LogP contribution in [-0.2, 0) is 11.2 Å². The number of benzene rings is 2. The van der Waals surface area contributed by atoms with E-state index in [1.54, 1.807) is 17.0 Å². The summed E-state index contributed by atoms with van der Waals surface area (Å²) in [5.41, 5.74) is 0.586. The molecule has 30 heavy (non-hydrogen) atoms. The summed E-state index contributed by atoms with van der Waals surface area (Å²) in [7, 11) is 1.18. The summed E-state index contributed by atoms with van der Waals surface area (Å²) >= 11 is 0. The first-order chi connectivity index (χ1) is 14.4. The van der Waals surface area contributed by atoms with E-state index in [1.807, 2.05) is 0 Å². The lowest BCUT2D eigenvalue weighted by molar-refractivity contribution is -0.384. The number of carbonyl (C=O) groups is 2. The summed E-state index contributed by atoms with van der Waals surface area (Å²) in [5, 5.41) is 11.3. The van der Waals surface area contributed by atoms with E-state index in [4.69, 9.17) is 0 Å². The number of hydrogen-bond donors (Lipinski definition) is 0. The molecule has 0 aliphatic heterocycles. The van der Waals surface area contributed by atoms with Crippen molar-refractivity contribution in [3.05, 3.63) is 75.1 Å². The van der Waals surface area contributed by atoms with E-state index in [1.165, 1.54) is 31.4 Å². The van der Waals surface area contributed by atoms with Crippen molar-refractivity contribution in [2.45, 2.75) is 38.1 Å². The quantitative estimate of drug-likeness (QED) is 0.386. The molecule has 0 bridgehead atoms. The van der Waals surface area contributed by atoms with Crippen LogP contribution in [0.2, 0.25) is 0 Å². The van der Waals surface area contributed by atoms with Crippen LogP contribution in [0.5, 0.6) is 0 Å². The standard InChI is InChI=1S/C22H23FN2O5/c1-30-22(27)17-12-16(13-20(14-17)25(28)29)21(26)24(19-4-2-3-5-19)11-10-15-6-8-18(23)9-7-15/h6-9,12-14,19H,2-5,10-11H2,1H3. The molecule has 0 atom stereocenters. The van der Waals surface area contributed by atoms with E-state index in [9.17, 15) is 24.1 Å². The fraction of sp³-hybridized carbons (Fsp3) is 0.364. The van der Waals surface area contributed by atoms with Crippen LogP contribution in [0, 0.1) is 15.9 Å². The van der Waals surface area contributed by atoms with Crippen LogP contribution in [0.15, 0.2) is 42.5 Å². The second-order valence-corrected chi connectivity index (χ2v) is 7.33. The van der Waals surface area contributed by atoms with Crippen molar-refractivity contribution in [2.75, 3.05) is 13.7 Å². The van der Waals surface area contributed by atoms with Gasteiger partial charge >= 0.3 is 5.97 Å². The second kappa shape index (κ2) is 9.47. The third-order valence-electron chi connectivity index (χ3n) is 5.38. The zero-order valence-electron chi connectivity index (χ0n) is 16.7. The molecule has 0 saturated heterocycles. The topological polar surface area (TPSA) is 89.8 Å². The predicted molar refractivity (Wildman–Crippen MR) is 108 cm³/mol. The number of non-ortho nitro benzene ring substituents is 1. The van der Waals surface area contributed by atoms with Gasteiger partial charge in [-0.1, -0.05) is 25.0 Å². The van der Waals surface area contributed by atoms with Gasteiger partial charge in [0.2, 0.25) is 0 Å². The molecule has 8 heteroatoms. The van der Waals surface area contributed by atoms with Crippen molar-refractivity contribution < 1.29 is 23.6 Å². The molecule has 0 spiro atoms. The van der Waals surface area contributed by atoms with Gasteiger partial charge in [0, 0.05) is 30.3 Å². The van der Waals surface area contributed by atoms with Gasteiger partial charge in [0.1, 0.15) is 5.82 Å². The molecule has 158 valence electrons. The number of nitro benzene ring substituents is 1. The molecular formula is C22H23FN2O5. The van der Waals surface area contributed by atoms with Gasteiger partial charge in [0.25, 0.3) is 11.6 Å². The number of ether oxygens (including phenoxy) is 1. The van der Waals surface area contributed by atoms with Crippen LogP contribution >= 0.6 is 0 Å². The van der Waals surface area contributed by atoms with Gasteiger partial charge in [-0.3, -0.25) is 14.9 Å². The number of methoxy groups -OCH3 is 1. The molecule has 3 rings (SSSR count). The average Bonchev–Trinajstić information content (AvgIpc) is 3.28. The van der Waals surface area contributed by atoms with Crippen molar-refractivity contribution >= 4 is 17.6 Å². The van der Waals surface area contributed by atoms with Crippen LogP contribution in [-0.4, -0.2) is 41.4 Å². The molecule has 0 unspecified atom stereocenters. The molecule has 0 N–H and O–H groups in total. The van der Waals surface area contributed by atoms with Gasteiger partial charge in [-0.25, -0.2) is 9.18 Å². The van der Waals surface area contributed by atoms with Gasteiger partial charge in [0.05, 0.1) is 17.6 Å². The van der Waals surface area contributed by atoms with Crippen molar-refractivity contribution in [1.29, 1.82) is 0 Å². The van der Waals surface area contributed by atoms with Crippen molar-refractivity contribution in [1.82, 2.24) is 4.90 Å². The van der Waals surface area contributed by atoms with E-state index < -0.39 is 10.9 Å². The number of carbonyl (C=O) groups excluding carboxylic acids is 2. The first-order valence-electron chi connectivity index (χ1n) is 9.82. The summed E-state index contributed by atoms with van der Waals surface area (Å²) in [4.78, 5) is 37.6. The van der Waals surface area contributed by atoms with Crippen molar-refractivity contribution in [3.8, 4) is 0 Å². The molecular weight excluding hydrogens is 391 g/mol. The Balaban J connectivity index is 1.89. The van der Waals surface area contributed by atoms with Gasteiger partial charge in [-0.05, 0) is 43.0 Å². The van der Waals surface area contributed by atoms with Crippen LogP contribution in [0.4, 0.5) is 10.1 Å². The highest BCUT2D eigenvalue weighted by molar-refractivity contribution is 5.99. The summed E-state index contributed by atoms with van der Waals surface area (Å²) < 4.78 is 17.8. The molecule has 0 radical (unpaired) electrons. The lowest BCUT2D eigenvalue weighted by Crippen LogP contribution is -2.40. The van der Waals surface area contributed by atoms with E-state index in [-0.39, 0.29) is 34.6 Å². The maximum atomic E-state index is 13.3. The summed E-state index contributed by atoms with van der Waals surface area (Å²) in [6, 6.07) is 9.75. The average molecular weight is 414 g/mol. The Morgan fingerprint density at radius 2 is 1.77 bits per heavy atom. The number of rotatable bonds is 7. The molecule has 1 fully saturated rings. The van der Waals surface area contributed by atoms with Gasteiger partial charge in [-0.15, -0.1) is 0 Å². The Labute approximate surface area is 173 Å². The summed E-state index contributed by atoms with van der Waals surface area (Å²) in [6.07, 6.45) is 4.25. The minimum atomic E-state index is -0.744. The number of nitro groups is 1. The van der Waals surface area contributed by atoms with Crippen LogP contribution in [0.25, 0.3) is 0 Å². The lowest BCUT2D eigenvalue weighted by atomic mass is 10.0. The molecule has 0 aromatic heterocycles. The largest absolute Gasteiger partial charge is 0.465 e. The summed E-state index contributed by atoms with van der Waals surface area (Å²) in [6.45, 7) is 0.394. The third-order valence-corrected chi connectivity index (χ3v) is 5.38. The van der Waals surface area contributed by atoms with Crippen molar-refractivity contribution in [3.63, 3.8) is 0 Å². The second-order valence-electron chi connectivity index (χ2n) is 7.33. The maximum Gasteiger partial charge on any atom is 0.338 e. The number of halogens is 1. The number of esters is 1. The molecule has 1 aliphatic carbocycles. The molecule has 0 heterocycles. The Bertz CT molecular complexity index is 939. The Morgan fingerprint density at radius 3 is 2.37 bits per heavy atom. The van der Waals surface area contributed by atoms with Crippen LogP contribution in [0.3, 0.4) is 0 Å². The number of hydrogen-bond acceptors (Lipinski definition) is 5.